The Hall–Kier alpha value is -1.96. The van der Waals surface area contributed by atoms with E-state index in [1.807, 2.05) is 9.58 Å². The van der Waals surface area contributed by atoms with Gasteiger partial charge in [-0.25, -0.2) is 9.67 Å². The van der Waals surface area contributed by atoms with Crippen molar-refractivity contribution in [3.8, 4) is 0 Å². The quantitative estimate of drug-likeness (QED) is 0.759. The average molecular weight is 321 g/mol. The molecule has 0 aromatic carbocycles. The maximum absolute atomic E-state index is 12.8. The van der Waals surface area contributed by atoms with Crippen LogP contribution in [0.4, 0.5) is 0 Å². The molecule has 23 heavy (non-hydrogen) atoms. The highest BCUT2D eigenvalue weighted by Crippen LogP contribution is 2.25. The summed E-state index contributed by atoms with van der Waals surface area (Å²) in [5.74, 6) is -0.0952. The van der Waals surface area contributed by atoms with Gasteiger partial charge in [0.2, 0.25) is 11.8 Å². The van der Waals surface area contributed by atoms with Gasteiger partial charge < -0.3 is 14.5 Å². The van der Waals surface area contributed by atoms with Gasteiger partial charge in [0.1, 0.15) is 12.7 Å². The molecule has 3 rings (SSSR count). The topological polar surface area (TPSA) is 80.6 Å². The van der Waals surface area contributed by atoms with E-state index in [9.17, 15) is 9.59 Å². The zero-order chi connectivity index (χ0) is 16.2. The zero-order valence-corrected chi connectivity index (χ0v) is 13.4. The molecule has 2 amide bonds. The number of carbonyl (C=O) groups is 2. The van der Waals surface area contributed by atoms with E-state index in [1.165, 1.54) is 6.33 Å². The largest absolute Gasteiger partial charge is 0.383 e. The monoisotopic (exact) mass is 321 g/mol. The van der Waals surface area contributed by atoms with E-state index in [-0.39, 0.29) is 23.8 Å². The van der Waals surface area contributed by atoms with Crippen molar-refractivity contribution in [3.05, 3.63) is 12.7 Å². The molecule has 2 saturated heterocycles. The van der Waals surface area contributed by atoms with Crippen molar-refractivity contribution >= 4 is 11.8 Å². The molecule has 0 radical (unpaired) electrons. The van der Waals surface area contributed by atoms with Crippen LogP contribution in [0, 0.1) is 5.92 Å². The van der Waals surface area contributed by atoms with E-state index in [0.29, 0.717) is 32.7 Å². The molecule has 0 bridgehead atoms. The molecule has 2 aliphatic rings. The van der Waals surface area contributed by atoms with Gasteiger partial charge in [-0.3, -0.25) is 9.59 Å². The molecular formula is C15H23N5O3. The summed E-state index contributed by atoms with van der Waals surface area (Å²) < 4.78 is 6.84. The fourth-order valence-electron chi connectivity index (χ4n) is 3.39. The van der Waals surface area contributed by atoms with Gasteiger partial charge in [-0.2, -0.15) is 5.10 Å². The summed E-state index contributed by atoms with van der Waals surface area (Å²) in [6, 6.07) is 0.178. The van der Waals surface area contributed by atoms with Crippen LogP contribution in [0.5, 0.6) is 0 Å². The van der Waals surface area contributed by atoms with Crippen molar-refractivity contribution < 1.29 is 14.3 Å². The SMILES string of the molecule is COCCN1C[C@H](C(=O)N2CCC[C@@H](n3cncn3)C2)CC1=O. The van der Waals surface area contributed by atoms with E-state index < -0.39 is 0 Å². The van der Waals surface area contributed by atoms with Crippen molar-refractivity contribution in [2.24, 2.45) is 5.92 Å². The Balaban J connectivity index is 1.58. The number of aromatic nitrogens is 3. The van der Waals surface area contributed by atoms with E-state index in [2.05, 4.69) is 10.1 Å². The molecule has 8 heteroatoms. The third-order valence-corrected chi connectivity index (χ3v) is 4.65. The zero-order valence-electron chi connectivity index (χ0n) is 13.4. The number of nitrogens with zero attached hydrogens (tertiary/aromatic N) is 5. The molecule has 1 aromatic heterocycles. The third-order valence-electron chi connectivity index (χ3n) is 4.65. The van der Waals surface area contributed by atoms with E-state index in [0.717, 1.165) is 19.4 Å². The molecular weight excluding hydrogens is 298 g/mol. The Bertz CT molecular complexity index is 547. The second-order valence-electron chi connectivity index (χ2n) is 6.19. The summed E-state index contributed by atoms with van der Waals surface area (Å²) >= 11 is 0. The molecule has 0 unspecified atom stereocenters. The average Bonchev–Trinajstić information content (AvgIpc) is 3.22. The predicted octanol–water partition coefficient (Wildman–Crippen LogP) is -0.0635. The van der Waals surface area contributed by atoms with Crippen LogP contribution in [0.1, 0.15) is 25.3 Å². The van der Waals surface area contributed by atoms with Gasteiger partial charge in [0.15, 0.2) is 0 Å². The Morgan fingerprint density at radius 1 is 1.43 bits per heavy atom. The van der Waals surface area contributed by atoms with Crippen LogP contribution in [-0.2, 0) is 14.3 Å². The Morgan fingerprint density at radius 2 is 2.30 bits per heavy atom. The number of likely N-dealkylation sites (tertiary alicyclic amines) is 2. The molecule has 0 saturated carbocycles. The number of carbonyl (C=O) groups excluding carboxylic acids is 2. The lowest BCUT2D eigenvalue weighted by Gasteiger charge is -2.34. The van der Waals surface area contributed by atoms with Gasteiger partial charge in [0, 0.05) is 39.7 Å². The number of ether oxygens (including phenoxy) is 1. The maximum Gasteiger partial charge on any atom is 0.228 e. The summed E-state index contributed by atoms with van der Waals surface area (Å²) in [4.78, 5) is 32.3. The molecule has 2 aliphatic heterocycles. The van der Waals surface area contributed by atoms with Gasteiger partial charge in [0.05, 0.1) is 18.6 Å². The number of amides is 2. The van der Waals surface area contributed by atoms with Crippen LogP contribution in [0.2, 0.25) is 0 Å². The molecule has 0 spiro atoms. The molecule has 3 heterocycles. The minimum absolute atomic E-state index is 0.0465. The Kier molecular flexibility index (Phi) is 4.90. The van der Waals surface area contributed by atoms with E-state index >= 15 is 0 Å². The Labute approximate surface area is 135 Å². The first-order valence-electron chi connectivity index (χ1n) is 8.08. The van der Waals surface area contributed by atoms with Crippen LogP contribution < -0.4 is 0 Å². The van der Waals surface area contributed by atoms with Gasteiger partial charge in [0.25, 0.3) is 0 Å². The van der Waals surface area contributed by atoms with E-state index in [1.54, 1.807) is 18.3 Å². The second kappa shape index (κ2) is 7.08. The van der Waals surface area contributed by atoms with Crippen molar-refractivity contribution in [1.82, 2.24) is 24.6 Å². The molecule has 1 aromatic rings. The van der Waals surface area contributed by atoms with Crippen molar-refractivity contribution in [2.75, 3.05) is 39.9 Å². The van der Waals surface area contributed by atoms with E-state index in [4.69, 9.17) is 4.74 Å². The normalized spacial score (nSPS) is 25.2. The van der Waals surface area contributed by atoms with Gasteiger partial charge in [-0.05, 0) is 12.8 Å². The highest BCUT2D eigenvalue weighted by Gasteiger charge is 2.37. The Morgan fingerprint density at radius 3 is 3.04 bits per heavy atom. The number of hydrogen-bond donors (Lipinski definition) is 0. The number of rotatable bonds is 5. The summed E-state index contributed by atoms with van der Waals surface area (Å²) in [7, 11) is 1.61. The van der Waals surface area contributed by atoms with Crippen molar-refractivity contribution in [2.45, 2.75) is 25.3 Å². The molecule has 0 N–H and O–H groups in total. The van der Waals surface area contributed by atoms with Gasteiger partial charge in [-0.15, -0.1) is 0 Å². The van der Waals surface area contributed by atoms with Crippen molar-refractivity contribution in [3.63, 3.8) is 0 Å². The first-order chi connectivity index (χ1) is 11.2. The first kappa shape index (κ1) is 15.9. The second-order valence-corrected chi connectivity index (χ2v) is 6.19. The number of hydrogen-bond acceptors (Lipinski definition) is 5. The lowest BCUT2D eigenvalue weighted by Crippen LogP contribution is -2.44. The molecule has 2 atom stereocenters. The first-order valence-corrected chi connectivity index (χ1v) is 8.08. The predicted molar refractivity (Wildman–Crippen MR) is 81.4 cm³/mol. The lowest BCUT2D eigenvalue weighted by atomic mass is 10.0. The highest BCUT2D eigenvalue weighted by molar-refractivity contribution is 5.89. The summed E-state index contributed by atoms with van der Waals surface area (Å²) in [6.07, 6.45) is 5.47. The molecule has 8 nitrogen and oxygen atoms in total. The van der Waals surface area contributed by atoms with Crippen LogP contribution in [0.15, 0.2) is 12.7 Å². The lowest BCUT2D eigenvalue weighted by molar-refractivity contribution is -0.137. The van der Waals surface area contributed by atoms with Crippen LogP contribution >= 0.6 is 0 Å². The molecule has 2 fully saturated rings. The minimum Gasteiger partial charge on any atom is -0.383 e. The third kappa shape index (κ3) is 3.52. The minimum atomic E-state index is -0.228. The molecule has 0 aliphatic carbocycles. The standard InChI is InChI=1S/C15H23N5O3/c1-23-6-5-18-8-12(7-14(18)21)15(22)19-4-2-3-13(9-19)20-11-16-10-17-20/h10-13H,2-9H2,1H3/t12-,13-/m1/s1. The fourth-order valence-corrected chi connectivity index (χ4v) is 3.39. The summed E-state index contributed by atoms with van der Waals surface area (Å²) in [5.41, 5.74) is 0. The van der Waals surface area contributed by atoms with Crippen LogP contribution in [0.25, 0.3) is 0 Å². The maximum atomic E-state index is 12.8. The highest BCUT2D eigenvalue weighted by atomic mass is 16.5. The number of piperidine rings is 1. The van der Waals surface area contributed by atoms with Crippen LogP contribution in [-0.4, -0.2) is 76.3 Å². The van der Waals surface area contributed by atoms with Crippen molar-refractivity contribution in [1.29, 1.82) is 0 Å². The fraction of sp³-hybridized carbons (Fsp3) is 0.733. The summed E-state index contributed by atoms with van der Waals surface area (Å²) in [6.45, 7) is 2.97. The van der Waals surface area contributed by atoms with Gasteiger partial charge >= 0.3 is 0 Å². The summed E-state index contributed by atoms with van der Waals surface area (Å²) in [5, 5.41) is 4.18. The smallest absolute Gasteiger partial charge is 0.228 e. The number of methoxy groups -OCH3 is 1. The van der Waals surface area contributed by atoms with Gasteiger partial charge in [-0.1, -0.05) is 0 Å². The molecule has 126 valence electrons. The van der Waals surface area contributed by atoms with Crippen LogP contribution in [0.3, 0.4) is 0 Å².